The van der Waals surface area contributed by atoms with Gasteiger partial charge in [-0.3, -0.25) is 9.88 Å². The molecule has 5 rings (SSSR count). The Kier molecular flexibility index (Phi) is 5.92. The standard InChI is InChI=1S/C23H28N8O2S/c1-4-8-29-9-10-30(34(32,33)23-15-25-28(3)27-23)16-22(29)20-12-18-13-26-31(21(18)11-17(20)2)19-6-5-7-24-14-19/h5-7,11-15,22H,4,8-10,16H2,1-3H3. The first-order valence-corrected chi connectivity index (χ1v) is 12.8. The Bertz CT molecular complexity index is 1410. The first-order chi connectivity index (χ1) is 16.4. The third-order valence-corrected chi connectivity index (χ3v) is 8.08. The second-order valence-corrected chi connectivity index (χ2v) is 10.5. The van der Waals surface area contributed by atoms with E-state index >= 15 is 0 Å². The number of benzene rings is 1. The number of aromatic nitrogens is 6. The molecule has 4 aromatic rings. The fraction of sp³-hybridized carbons (Fsp3) is 0.391. The predicted octanol–water partition coefficient (Wildman–Crippen LogP) is 2.32. The molecule has 0 spiro atoms. The Hall–Kier alpha value is -3.15. The number of pyridine rings is 1. The maximum atomic E-state index is 13.3. The normalized spacial score (nSPS) is 18.0. The second-order valence-electron chi connectivity index (χ2n) is 8.62. The molecular formula is C23H28N8O2S. The lowest BCUT2D eigenvalue weighted by molar-refractivity contribution is 0.118. The maximum Gasteiger partial charge on any atom is 0.264 e. The highest BCUT2D eigenvalue weighted by atomic mass is 32.2. The molecule has 1 aromatic carbocycles. The largest absolute Gasteiger partial charge is 0.294 e. The molecule has 1 aliphatic heterocycles. The van der Waals surface area contributed by atoms with E-state index in [0.29, 0.717) is 19.6 Å². The molecule has 0 saturated carbocycles. The topological polar surface area (TPSA) is 102 Å². The lowest BCUT2D eigenvalue weighted by atomic mass is 9.96. The highest BCUT2D eigenvalue weighted by Crippen LogP contribution is 2.33. The molecule has 4 heterocycles. The molecule has 11 heteroatoms. The van der Waals surface area contributed by atoms with Gasteiger partial charge in [0.1, 0.15) is 0 Å². The zero-order chi connectivity index (χ0) is 23.9. The van der Waals surface area contributed by atoms with E-state index < -0.39 is 10.0 Å². The Balaban J connectivity index is 1.53. The highest BCUT2D eigenvalue weighted by molar-refractivity contribution is 7.89. The quantitative estimate of drug-likeness (QED) is 0.417. The highest BCUT2D eigenvalue weighted by Gasteiger charge is 2.36. The lowest BCUT2D eigenvalue weighted by Gasteiger charge is -2.41. The van der Waals surface area contributed by atoms with Crippen molar-refractivity contribution in [1.82, 2.24) is 39.0 Å². The van der Waals surface area contributed by atoms with Gasteiger partial charge >= 0.3 is 0 Å². The van der Waals surface area contributed by atoms with Gasteiger partial charge in [0.2, 0.25) is 5.03 Å². The van der Waals surface area contributed by atoms with Gasteiger partial charge in [0.25, 0.3) is 10.0 Å². The summed E-state index contributed by atoms with van der Waals surface area (Å²) in [4.78, 5) is 7.86. The minimum Gasteiger partial charge on any atom is -0.294 e. The monoisotopic (exact) mass is 480 g/mol. The van der Waals surface area contributed by atoms with E-state index in [1.165, 1.54) is 15.3 Å². The summed E-state index contributed by atoms with van der Waals surface area (Å²) in [5.74, 6) is 0. The smallest absolute Gasteiger partial charge is 0.264 e. The van der Waals surface area contributed by atoms with E-state index in [1.54, 1.807) is 19.4 Å². The predicted molar refractivity (Wildman–Crippen MR) is 128 cm³/mol. The van der Waals surface area contributed by atoms with Crippen LogP contribution in [0.3, 0.4) is 0 Å². The van der Waals surface area contributed by atoms with Gasteiger partial charge in [-0.25, -0.2) is 13.1 Å². The van der Waals surface area contributed by atoms with Gasteiger partial charge in [0.15, 0.2) is 0 Å². The molecule has 3 aromatic heterocycles. The van der Waals surface area contributed by atoms with Crippen molar-refractivity contribution in [3.63, 3.8) is 0 Å². The van der Waals surface area contributed by atoms with E-state index in [-0.39, 0.29) is 11.1 Å². The van der Waals surface area contributed by atoms with Crippen LogP contribution in [0.5, 0.6) is 0 Å². The molecule has 34 heavy (non-hydrogen) atoms. The van der Waals surface area contributed by atoms with Gasteiger partial charge in [0.05, 0.1) is 29.8 Å². The van der Waals surface area contributed by atoms with Crippen LogP contribution in [0, 0.1) is 6.92 Å². The SMILES string of the molecule is CCCN1CCN(S(=O)(=O)c2cnn(C)n2)CC1c1cc2cnn(-c3cccnc3)c2cc1C. The van der Waals surface area contributed by atoms with Crippen LogP contribution in [-0.2, 0) is 17.1 Å². The number of rotatable bonds is 6. The average molecular weight is 481 g/mol. The molecule has 0 amide bonds. The van der Waals surface area contributed by atoms with Crippen LogP contribution in [0.2, 0.25) is 0 Å². The lowest BCUT2D eigenvalue weighted by Crippen LogP contribution is -2.50. The van der Waals surface area contributed by atoms with E-state index in [9.17, 15) is 8.42 Å². The molecule has 0 bridgehead atoms. The molecule has 1 unspecified atom stereocenters. The van der Waals surface area contributed by atoms with Gasteiger partial charge in [-0.15, -0.1) is 5.10 Å². The van der Waals surface area contributed by atoms with Crippen molar-refractivity contribution in [2.75, 3.05) is 26.2 Å². The number of hydrogen-bond acceptors (Lipinski definition) is 7. The van der Waals surface area contributed by atoms with Gasteiger partial charge in [0, 0.05) is 44.3 Å². The number of piperazine rings is 1. The molecule has 1 atom stereocenters. The van der Waals surface area contributed by atoms with Crippen molar-refractivity contribution in [2.24, 2.45) is 7.05 Å². The summed E-state index contributed by atoms with van der Waals surface area (Å²) in [6.45, 7) is 6.57. The van der Waals surface area contributed by atoms with Crippen LogP contribution in [0.25, 0.3) is 16.6 Å². The zero-order valence-electron chi connectivity index (χ0n) is 19.5. The van der Waals surface area contributed by atoms with Gasteiger partial charge in [-0.1, -0.05) is 6.92 Å². The van der Waals surface area contributed by atoms with Crippen LogP contribution in [0.1, 0.15) is 30.5 Å². The molecule has 1 saturated heterocycles. The van der Waals surface area contributed by atoms with E-state index in [2.05, 4.69) is 51.2 Å². The van der Waals surface area contributed by atoms with Gasteiger partial charge < -0.3 is 0 Å². The number of nitrogens with zero attached hydrogens (tertiary/aromatic N) is 8. The third kappa shape index (κ3) is 3.99. The fourth-order valence-corrected chi connectivity index (χ4v) is 6.01. The van der Waals surface area contributed by atoms with Crippen LogP contribution in [0.4, 0.5) is 0 Å². The summed E-state index contributed by atoms with van der Waals surface area (Å²) in [5, 5.41) is 13.6. The molecule has 1 fully saturated rings. The average Bonchev–Trinajstić information content (AvgIpc) is 3.46. The Morgan fingerprint density at radius 1 is 1.12 bits per heavy atom. The van der Waals surface area contributed by atoms with E-state index in [4.69, 9.17) is 0 Å². The Labute approximate surface area is 198 Å². The van der Waals surface area contributed by atoms with E-state index in [1.807, 2.05) is 23.0 Å². The van der Waals surface area contributed by atoms with Crippen LogP contribution < -0.4 is 0 Å². The molecular weight excluding hydrogens is 452 g/mol. The van der Waals surface area contributed by atoms with Crippen LogP contribution >= 0.6 is 0 Å². The van der Waals surface area contributed by atoms with Crippen LogP contribution in [0.15, 0.2) is 54.1 Å². The summed E-state index contributed by atoms with van der Waals surface area (Å²) >= 11 is 0. The second kappa shape index (κ2) is 8.90. The van der Waals surface area contributed by atoms with Crippen molar-refractivity contribution in [1.29, 1.82) is 0 Å². The zero-order valence-corrected chi connectivity index (χ0v) is 20.4. The van der Waals surface area contributed by atoms with Gasteiger partial charge in [-0.2, -0.15) is 19.3 Å². The van der Waals surface area contributed by atoms with Crippen molar-refractivity contribution >= 4 is 20.9 Å². The summed E-state index contributed by atoms with van der Waals surface area (Å²) < 4.78 is 30.0. The number of hydrogen-bond donors (Lipinski definition) is 0. The summed E-state index contributed by atoms with van der Waals surface area (Å²) in [6, 6.07) is 8.08. The van der Waals surface area contributed by atoms with Crippen molar-refractivity contribution in [3.05, 3.63) is 60.2 Å². The summed E-state index contributed by atoms with van der Waals surface area (Å²) in [6.07, 6.45) is 7.69. The minimum absolute atomic E-state index is 0.0115. The molecule has 1 aliphatic rings. The maximum absolute atomic E-state index is 13.3. The fourth-order valence-electron chi connectivity index (χ4n) is 4.68. The Morgan fingerprint density at radius 3 is 2.68 bits per heavy atom. The first kappa shape index (κ1) is 22.6. The van der Waals surface area contributed by atoms with Crippen molar-refractivity contribution < 1.29 is 8.42 Å². The molecule has 0 aliphatic carbocycles. The molecule has 178 valence electrons. The molecule has 10 nitrogen and oxygen atoms in total. The third-order valence-electron chi connectivity index (χ3n) is 6.35. The molecule has 0 N–H and O–H groups in total. The number of sulfonamides is 1. The number of aryl methyl sites for hydroxylation is 2. The van der Waals surface area contributed by atoms with Crippen LogP contribution in [-0.4, -0.2) is 73.6 Å². The van der Waals surface area contributed by atoms with E-state index in [0.717, 1.165) is 40.7 Å². The minimum atomic E-state index is -3.72. The molecule has 0 radical (unpaired) electrons. The summed E-state index contributed by atoms with van der Waals surface area (Å²) in [7, 11) is -2.10. The first-order valence-electron chi connectivity index (χ1n) is 11.4. The summed E-state index contributed by atoms with van der Waals surface area (Å²) in [5.41, 5.74) is 4.11. The van der Waals surface area contributed by atoms with Crippen molar-refractivity contribution in [3.8, 4) is 5.69 Å². The number of fused-ring (bicyclic) bond motifs is 1. The van der Waals surface area contributed by atoms with Gasteiger partial charge in [-0.05, 0) is 55.3 Å². The Morgan fingerprint density at radius 2 is 1.97 bits per heavy atom. The van der Waals surface area contributed by atoms with Crippen molar-refractivity contribution in [2.45, 2.75) is 31.3 Å².